The third kappa shape index (κ3) is 11.1. The Morgan fingerprint density at radius 3 is 1.24 bits per heavy atom. The fourth-order valence-corrected chi connectivity index (χ4v) is 3.25. The van der Waals surface area contributed by atoms with Crippen molar-refractivity contribution >= 4 is 42.6 Å². The molecule has 0 aromatic heterocycles. The Morgan fingerprint density at radius 2 is 0.939 bits per heavy atom. The van der Waals surface area contributed by atoms with Gasteiger partial charge in [-0.15, -0.1) is 0 Å². The van der Waals surface area contributed by atoms with Crippen LogP contribution in [0.4, 0.5) is 0 Å². The van der Waals surface area contributed by atoms with E-state index in [1.807, 2.05) is 60.7 Å². The van der Waals surface area contributed by atoms with E-state index in [-0.39, 0.29) is 26.9 Å². The fraction of sp³-hybridized carbons (Fsp3) is 0.333. The number of oxime groups is 2. The number of rotatable bonds is 4. The van der Waals surface area contributed by atoms with Crippen LogP contribution in [-0.4, -0.2) is 23.2 Å². The molecular formula is C24H28Cl2N4O2Rh+. The van der Waals surface area contributed by atoms with Crippen LogP contribution in [0.1, 0.15) is 62.5 Å². The van der Waals surface area contributed by atoms with Crippen LogP contribution in [0.5, 0.6) is 0 Å². The summed E-state index contributed by atoms with van der Waals surface area (Å²) in [7, 11) is 9.67. The van der Waals surface area contributed by atoms with Gasteiger partial charge in [-0.2, -0.15) is 0 Å². The molecule has 0 atom stereocenters. The Bertz CT molecular complexity index is 833. The summed E-state index contributed by atoms with van der Waals surface area (Å²) in [6.07, 6.45) is 8.84. The van der Waals surface area contributed by atoms with Gasteiger partial charge in [-0.05, 0) is 75.6 Å². The average molecular weight is 578 g/mol. The van der Waals surface area contributed by atoms with Gasteiger partial charge >= 0.3 is 34.5 Å². The van der Waals surface area contributed by atoms with Gasteiger partial charge in [0.05, 0.1) is 11.4 Å². The summed E-state index contributed by atoms with van der Waals surface area (Å²) in [4.78, 5) is 10.2. The van der Waals surface area contributed by atoms with Crippen molar-refractivity contribution in [1.82, 2.24) is 0 Å². The molecule has 0 amide bonds. The van der Waals surface area contributed by atoms with Crippen molar-refractivity contribution in [3.8, 4) is 0 Å². The van der Waals surface area contributed by atoms with E-state index in [4.69, 9.17) is 39.9 Å². The molecule has 6 nitrogen and oxygen atoms in total. The number of benzene rings is 2. The number of nitrogens with one attached hydrogen (secondary N) is 2. The molecule has 4 rings (SSSR count). The zero-order chi connectivity index (χ0) is 23.7. The van der Waals surface area contributed by atoms with Gasteiger partial charge in [-0.1, -0.05) is 46.7 Å². The van der Waals surface area contributed by atoms with E-state index in [2.05, 4.69) is 10.3 Å². The van der Waals surface area contributed by atoms with Crippen LogP contribution in [0, 0.1) is 10.8 Å². The molecule has 2 aliphatic rings. The van der Waals surface area contributed by atoms with Gasteiger partial charge in [0.2, 0.25) is 11.8 Å². The average Bonchev–Trinajstić information content (AvgIpc) is 3.57. The second-order valence-corrected chi connectivity index (χ2v) is 9.84. The van der Waals surface area contributed by atoms with Crippen molar-refractivity contribution in [3.63, 3.8) is 0 Å². The topological polar surface area (TPSA) is 90.9 Å². The summed E-state index contributed by atoms with van der Waals surface area (Å²) in [5.74, 6) is 0.241. The quantitative estimate of drug-likeness (QED) is 0.173. The standard InChI is InChI=1S/2C12H14N2O.2ClH.Rh/c2*13-12(10-6-2-1-3-7-10)15-14-11-8-4-5-9-11;;;/h2*1-3,6-7,13H,4-5,8-9H2;2*1H;/q;;;;+3/p-2. The minimum absolute atomic E-state index is 0.120. The van der Waals surface area contributed by atoms with Crippen molar-refractivity contribution in [2.24, 2.45) is 10.3 Å². The second kappa shape index (κ2) is 16.5. The first kappa shape index (κ1) is 27.2. The molecule has 0 saturated heterocycles. The van der Waals surface area contributed by atoms with E-state index in [1.165, 1.54) is 25.7 Å². The molecule has 2 N–H and O–H groups in total. The van der Waals surface area contributed by atoms with Crippen LogP contribution in [-0.2, 0) is 24.8 Å². The first-order valence-corrected chi connectivity index (χ1v) is 14.9. The van der Waals surface area contributed by atoms with Gasteiger partial charge in [0.15, 0.2) is 0 Å². The monoisotopic (exact) mass is 577 g/mol. The normalized spacial score (nSPS) is 14.4. The van der Waals surface area contributed by atoms with E-state index < -0.39 is 0 Å². The number of halogens is 2. The maximum atomic E-state index is 7.66. The SMILES string of the molecule is N=C(ON=C1CCCC1)c1ccccc1.N=C(ON=C1CCCC1)c1ccccc1.[Cl][Rh+][Cl]. The van der Waals surface area contributed by atoms with Crippen molar-refractivity contribution in [2.75, 3.05) is 0 Å². The molecule has 0 radical (unpaired) electrons. The summed E-state index contributed by atoms with van der Waals surface area (Å²) >= 11 is -0.226. The Labute approximate surface area is 211 Å². The number of hydrogen-bond acceptors (Lipinski definition) is 6. The van der Waals surface area contributed by atoms with Crippen LogP contribution >= 0.6 is 19.4 Å². The summed E-state index contributed by atoms with van der Waals surface area (Å²) < 4.78 is 0. The molecule has 9 heteroatoms. The zero-order valence-electron chi connectivity index (χ0n) is 18.2. The summed E-state index contributed by atoms with van der Waals surface area (Å²) in [6.45, 7) is 0. The van der Waals surface area contributed by atoms with E-state index in [1.54, 1.807) is 0 Å². The first-order chi connectivity index (χ1) is 16.1. The van der Waals surface area contributed by atoms with Crippen LogP contribution in [0.25, 0.3) is 0 Å². The molecule has 33 heavy (non-hydrogen) atoms. The molecule has 0 spiro atoms. The van der Waals surface area contributed by atoms with Gasteiger partial charge in [-0.3, -0.25) is 10.8 Å². The van der Waals surface area contributed by atoms with Crippen molar-refractivity contribution in [2.45, 2.75) is 51.4 Å². The third-order valence-electron chi connectivity index (χ3n) is 4.97. The molecule has 2 aromatic rings. The Balaban J connectivity index is 0.000000209. The molecular weight excluding hydrogens is 550 g/mol. The van der Waals surface area contributed by atoms with Crippen LogP contribution in [0.3, 0.4) is 0 Å². The predicted octanol–water partition coefficient (Wildman–Crippen LogP) is 7.29. The number of hydrogen-bond donors (Lipinski definition) is 2. The van der Waals surface area contributed by atoms with Crippen LogP contribution in [0.2, 0.25) is 0 Å². The van der Waals surface area contributed by atoms with E-state index in [0.717, 1.165) is 48.2 Å². The first-order valence-electron chi connectivity index (χ1n) is 10.7. The summed E-state index contributed by atoms with van der Waals surface area (Å²) in [5.41, 5.74) is 3.69. The molecule has 2 aromatic carbocycles. The molecule has 2 saturated carbocycles. The van der Waals surface area contributed by atoms with Gasteiger partial charge < -0.3 is 9.68 Å². The minimum atomic E-state index is -0.226. The van der Waals surface area contributed by atoms with Gasteiger partial charge in [-0.25, -0.2) is 0 Å². The van der Waals surface area contributed by atoms with Crippen molar-refractivity contribution < 1.29 is 24.8 Å². The van der Waals surface area contributed by atoms with Gasteiger partial charge in [0, 0.05) is 11.1 Å². The van der Waals surface area contributed by atoms with E-state index in [9.17, 15) is 0 Å². The molecule has 0 aliphatic heterocycles. The second-order valence-electron chi connectivity index (χ2n) is 7.35. The number of nitrogens with zero attached hydrogens (tertiary/aromatic N) is 2. The molecule has 2 fully saturated rings. The van der Waals surface area contributed by atoms with Crippen LogP contribution in [0.15, 0.2) is 71.0 Å². The molecule has 0 bridgehead atoms. The van der Waals surface area contributed by atoms with Crippen LogP contribution < -0.4 is 0 Å². The molecule has 0 unspecified atom stereocenters. The maximum absolute atomic E-state index is 7.66. The fourth-order valence-electron chi connectivity index (χ4n) is 3.25. The van der Waals surface area contributed by atoms with E-state index >= 15 is 0 Å². The summed E-state index contributed by atoms with van der Waals surface area (Å²) in [5, 5.41) is 23.3. The van der Waals surface area contributed by atoms with Gasteiger partial charge in [0.1, 0.15) is 0 Å². The Morgan fingerprint density at radius 1 is 0.636 bits per heavy atom. The summed E-state index contributed by atoms with van der Waals surface area (Å²) in [6, 6.07) is 18.7. The zero-order valence-corrected chi connectivity index (χ0v) is 21.4. The third-order valence-corrected chi connectivity index (χ3v) is 4.97. The molecule has 0 heterocycles. The molecule has 178 valence electrons. The van der Waals surface area contributed by atoms with Crippen molar-refractivity contribution in [1.29, 1.82) is 10.8 Å². The van der Waals surface area contributed by atoms with Gasteiger partial charge in [0.25, 0.3) is 0 Å². The van der Waals surface area contributed by atoms with Crippen molar-refractivity contribution in [3.05, 3.63) is 71.8 Å². The van der Waals surface area contributed by atoms with E-state index in [0.29, 0.717) is 0 Å². The Kier molecular flexibility index (Phi) is 13.6. The Hall–Kier alpha value is -2.08. The predicted molar refractivity (Wildman–Crippen MR) is 132 cm³/mol. The molecule has 2 aliphatic carbocycles.